The predicted molar refractivity (Wildman–Crippen MR) is 47.2 cm³/mol. The number of fused-ring (bicyclic) bond motifs is 1. The normalized spacial score (nSPS) is 10.0. The van der Waals surface area contributed by atoms with Gasteiger partial charge in [-0.25, -0.2) is 0 Å². The maximum Gasteiger partial charge on any atom is 0.432 e. The third-order valence-electron chi connectivity index (χ3n) is 1.45. The quantitative estimate of drug-likeness (QED) is 0.611. The zero-order valence-corrected chi connectivity index (χ0v) is 7.30. The third kappa shape index (κ3) is 0.932. The van der Waals surface area contributed by atoms with Crippen molar-refractivity contribution in [1.29, 1.82) is 5.39 Å². The number of halogens is 1. The first-order chi connectivity index (χ1) is 5.83. The van der Waals surface area contributed by atoms with E-state index in [1.807, 2.05) is 0 Å². The summed E-state index contributed by atoms with van der Waals surface area (Å²) in [6, 6.07) is 3.36. The Balaban J connectivity index is 2.94. The second kappa shape index (κ2) is 2.66. The van der Waals surface area contributed by atoms with Gasteiger partial charge in [0.25, 0.3) is 0 Å². The predicted octanol–water partition coefficient (Wildman–Crippen LogP) is 2.83. The van der Waals surface area contributed by atoms with Crippen LogP contribution in [0.25, 0.3) is 16.0 Å². The van der Waals surface area contributed by atoms with Gasteiger partial charge in [-0.1, -0.05) is 11.6 Å². The van der Waals surface area contributed by atoms with Crippen molar-refractivity contribution in [2.24, 2.45) is 0 Å². The molecule has 1 aromatic heterocycles. The molecule has 0 spiro atoms. The molecular formula is C6H2ClN4S+. The van der Waals surface area contributed by atoms with Crippen LogP contribution in [0.5, 0.6) is 0 Å². The van der Waals surface area contributed by atoms with Crippen molar-refractivity contribution in [3.05, 3.63) is 22.1 Å². The molecule has 0 aliphatic rings. The van der Waals surface area contributed by atoms with Crippen LogP contribution >= 0.6 is 23.3 Å². The maximum absolute atomic E-state index is 8.61. The van der Waals surface area contributed by atoms with Crippen LogP contribution in [-0.4, -0.2) is 8.75 Å². The molecule has 12 heavy (non-hydrogen) atoms. The third-order valence-corrected chi connectivity index (χ3v) is 2.30. The summed E-state index contributed by atoms with van der Waals surface area (Å²) in [5.74, 6) is 0. The summed E-state index contributed by atoms with van der Waals surface area (Å²) in [7, 11) is 0. The van der Waals surface area contributed by atoms with Gasteiger partial charge in [-0.15, -0.1) is 0 Å². The topological polar surface area (TPSA) is 53.9 Å². The van der Waals surface area contributed by atoms with Crippen LogP contribution in [0.4, 0.5) is 5.69 Å². The Bertz CT molecular complexity index is 472. The summed E-state index contributed by atoms with van der Waals surface area (Å²) in [5.41, 5.74) is 1.51. The molecule has 2 aromatic rings. The fourth-order valence-electron chi connectivity index (χ4n) is 0.908. The smallest absolute Gasteiger partial charge is 0.173 e. The van der Waals surface area contributed by atoms with Crippen LogP contribution in [0, 0.1) is 5.39 Å². The molecule has 0 fully saturated rings. The Labute approximate surface area is 76.7 Å². The minimum absolute atomic E-state index is 0.280. The van der Waals surface area contributed by atoms with Gasteiger partial charge in [0.05, 0.1) is 11.7 Å². The van der Waals surface area contributed by atoms with E-state index in [0.29, 0.717) is 16.1 Å². The molecule has 0 unspecified atom stereocenters. The Morgan fingerprint density at radius 1 is 1.42 bits per heavy atom. The molecule has 0 atom stereocenters. The molecule has 0 aliphatic heterocycles. The highest BCUT2D eigenvalue weighted by molar-refractivity contribution is 7.00. The number of diazo groups is 1. The van der Waals surface area contributed by atoms with Gasteiger partial charge in [0.1, 0.15) is 10.5 Å². The molecule has 6 heteroatoms. The molecule has 0 saturated carbocycles. The van der Waals surface area contributed by atoms with E-state index in [4.69, 9.17) is 17.0 Å². The molecule has 1 aromatic carbocycles. The van der Waals surface area contributed by atoms with Gasteiger partial charge in [-0.05, 0) is 12.1 Å². The molecule has 4 nitrogen and oxygen atoms in total. The van der Waals surface area contributed by atoms with Crippen LogP contribution in [0.15, 0.2) is 12.1 Å². The van der Waals surface area contributed by atoms with E-state index in [9.17, 15) is 0 Å². The zero-order chi connectivity index (χ0) is 8.55. The largest absolute Gasteiger partial charge is 0.432 e. The fraction of sp³-hybridized carbons (Fsp3) is 0. The van der Waals surface area contributed by atoms with Crippen LogP contribution in [0.1, 0.15) is 0 Å². The van der Waals surface area contributed by atoms with E-state index in [1.54, 1.807) is 12.1 Å². The number of rotatable bonds is 0. The molecular weight excluding hydrogens is 196 g/mol. The van der Waals surface area contributed by atoms with Crippen molar-refractivity contribution in [1.82, 2.24) is 8.75 Å². The lowest BCUT2D eigenvalue weighted by atomic mass is 10.3. The summed E-state index contributed by atoms with van der Waals surface area (Å²) in [6.45, 7) is 0. The lowest BCUT2D eigenvalue weighted by Crippen LogP contribution is -1.71. The first-order valence-corrected chi connectivity index (χ1v) is 4.19. The van der Waals surface area contributed by atoms with Gasteiger partial charge in [-0.3, -0.25) is 0 Å². The highest BCUT2D eigenvalue weighted by Crippen LogP contribution is 2.32. The highest BCUT2D eigenvalue weighted by Gasteiger charge is 2.19. The average Bonchev–Trinajstić information content (AvgIpc) is 2.52. The van der Waals surface area contributed by atoms with Crippen molar-refractivity contribution in [2.45, 2.75) is 0 Å². The second-order valence-corrected chi connectivity index (χ2v) is 3.06. The standard InChI is InChI=1S/C6H2ClN4S/c7-3-1-2-4-6(5(3)9-8)11-12-10-4/h1-2H/q+1. The van der Waals surface area contributed by atoms with Crippen molar-refractivity contribution >= 4 is 40.0 Å². The van der Waals surface area contributed by atoms with E-state index in [2.05, 4.69) is 13.7 Å². The Hall–Kier alpha value is -1.25. The van der Waals surface area contributed by atoms with Gasteiger partial charge in [0, 0.05) is 0 Å². The van der Waals surface area contributed by atoms with Crippen molar-refractivity contribution in [3.8, 4) is 0 Å². The van der Waals surface area contributed by atoms with Crippen molar-refractivity contribution in [2.75, 3.05) is 0 Å². The molecule has 1 heterocycles. The number of hydrogen-bond donors (Lipinski definition) is 0. The molecule has 0 saturated heterocycles. The first-order valence-electron chi connectivity index (χ1n) is 3.09. The SMILES string of the molecule is N#[N+]c1c(Cl)ccc2nsnc12. The van der Waals surface area contributed by atoms with Gasteiger partial charge in [0.15, 0.2) is 4.98 Å². The zero-order valence-electron chi connectivity index (χ0n) is 5.73. The van der Waals surface area contributed by atoms with Crippen molar-refractivity contribution < 1.29 is 0 Å². The van der Waals surface area contributed by atoms with Gasteiger partial charge in [0.2, 0.25) is 10.9 Å². The first kappa shape index (κ1) is 7.40. The summed E-state index contributed by atoms with van der Waals surface area (Å²) >= 11 is 6.80. The van der Waals surface area contributed by atoms with Gasteiger partial charge >= 0.3 is 5.69 Å². The fourth-order valence-corrected chi connectivity index (χ4v) is 1.64. The van der Waals surface area contributed by atoms with E-state index in [1.165, 1.54) is 0 Å². The summed E-state index contributed by atoms with van der Waals surface area (Å²) < 4.78 is 7.91. The summed E-state index contributed by atoms with van der Waals surface area (Å²) in [6.07, 6.45) is 0. The van der Waals surface area contributed by atoms with E-state index >= 15 is 0 Å². The molecule has 0 radical (unpaired) electrons. The highest BCUT2D eigenvalue weighted by atomic mass is 35.5. The lowest BCUT2D eigenvalue weighted by molar-refractivity contribution is 1.46. The maximum atomic E-state index is 8.61. The minimum Gasteiger partial charge on any atom is -0.173 e. The Kier molecular flexibility index (Phi) is 1.64. The summed E-state index contributed by atoms with van der Waals surface area (Å²) in [4.78, 5) is 3.04. The van der Waals surface area contributed by atoms with E-state index < -0.39 is 0 Å². The average molecular weight is 198 g/mol. The van der Waals surface area contributed by atoms with Crippen LogP contribution < -0.4 is 0 Å². The molecule has 2 rings (SSSR count). The van der Waals surface area contributed by atoms with Gasteiger partial charge in [-0.2, -0.15) is 8.75 Å². The number of benzene rings is 1. The van der Waals surface area contributed by atoms with E-state index in [-0.39, 0.29) is 5.69 Å². The number of aromatic nitrogens is 2. The lowest BCUT2D eigenvalue weighted by Gasteiger charge is -1.83. The van der Waals surface area contributed by atoms with Crippen molar-refractivity contribution in [3.63, 3.8) is 0 Å². The molecule has 0 aliphatic carbocycles. The number of hydrogen-bond acceptors (Lipinski definition) is 4. The summed E-state index contributed by atoms with van der Waals surface area (Å²) in [5, 5.41) is 8.99. The van der Waals surface area contributed by atoms with Crippen LogP contribution in [0.2, 0.25) is 5.02 Å². The second-order valence-electron chi connectivity index (χ2n) is 2.13. The molecule has 0 N–H and O–H groups in total. The van der Waals surface area contributed by atoms with Crippen LogP contribution in [-0.2, 0) is 0 Å². The van der Waals surface area contributed by atoms with Gasteiger partial charge < -0.3 is 0 Å². The Morgan fingerprint density at radius 3 is 3.00 bits per heavy atom. The minimum atomic E-state index is 0.280. The number of nitrogens with zero attached hydrogens (tertiary/aromatic N) is 4. The molecule has 0 amide bonds. The van der Waals surface area contributed by atoms with E-state index in [0.717, 1.165) is 11.7 Å². The molecule has 0 bridgehead atoms. The monoisotopic (exact) mass is 197 g/mol. The molecule has 58 valence electrons. The Morgan fingerprint density at radius 2 is 2.25 bits per heavy atom. The van der Waals surface area contributed by atoms with Crippen LogP contribution in [0.3, 0.4) is 0 Å².